The molecule has 1 fully saturated rings. The second-order valence-corrected chi connectivity index (χ2v) is 2.42. The van der Waals surface area contributed by atoms with Crippen molar-refractivity contribution >= 4 is 0 Å². The third-order valence-electron chi connectivity index (χ3n) is 1.72. The summed E-state index contributed by atoms with van der Waals surface area (Å²) in [7, 11) is 0. The average Bonchev–Trinajstić information content (AvgIpc) is 2.14. The van der Waals surface area contributed by atoms with Crippen LogP contribution < -0.4 is 0 Å². The second kappa shape index (κ2) is 2.31. The van der Waals surface area contributed by atoms with E-state index in [-0.39, 0.29) is 6.10 Å². The molecule has 1 nitrogen and oxygen atoms in total. The minimum absolute atomic E-state index is 0.0835. The molecular formula is C7H11O. The predicted octanol–water partition coefficient (Wildman–Crippen LogP) is 1.14. The van der Waals surface area contributed by atoms with Crippen molar-refractivity contribution in [1.82, 2.24) is 0 Å². The number of aliphatic hydroxyl groups excluding tert-OH is 1. The van der Waals surface area contributed by atoms with E-state index in [1.165, 1.54) is 0 Å². The number of rotatable bonds is 1. The van der Waals surface area contributed by atoms with Crippen LogP contribution in [0.3, 0.4) is 0 Å². The second-order valence-electron chi connectivity index (χ2n) is 2.42. The molecule has 0 heterocycles. The third kappa shape index (κ3) is 1.10. The van der Waals surface area contributed by atoms with Gasteiger partial charge in [-0.05, 0) is 25.2 Å². The van der Waals surface area contributed by atoms with Gasteiger partial charge >= 0.3 is 0 Å². The number of allylic oxidation sites excluding steroid dienone is 1. The first-order valence-corrected chi connectivity index (χ1v) is 3.06. The Morgan fingerprint density at radius 1 is 1.50 bits per heavy atom. The van der Waals surface area contributed by atoms with E-state index in [9.17, 15) is 0 Å². The van der Waals surface area contributed by atoms with Gasteiger partial charge in [-0.15, -0.1) is 0 Å². The molecule has 2 unspecified atom stereocenters. The largest absolute Gasteiger partial charge is 0.393 e. The SMILES string of the molecule is [CH]=CC1CCC(O)C1. The Morgan fingerprint density at radius 2 is 2.25 bits per heavy atom. The molecule has 2 atom stereocenters. The number of aliphatic hydroxyl groups is 1. The maximum atomic E-state index is 8.96. The summed E-state index contributed by atoms with van der Waals surface area (Å²) in [6.45, 7) is 5.26. The van der Waals surface area contributed by atoms with Crippen molar-refractivity contribution in [2.75, 3.05) is 0 Å². The van der Waals surface area contributed by atoms with Gasteiger partial charge in [0.1, 0.15) is 0 Å². The maximum Gasteiger partial charge on any atom is 0.0546 e. The predicted molar refractivity (Wildman–Crippen MR) is 32.2 cm³/mol. The van der Waals surface area contributed by atoms with Crippen LogP contribution in [0.15, 0.2) is 6.08 Å². The van der Waals surface area contributed by atoms with E-state index in [0.717, 1.165) is 19.3 Å². The highest BCUT2D eigenvalue weighted by molar-refractivity contribution is 4.84. The number of hydrogen-bond acceptors (Lipinski definition) is 1. The molecule has 0 aromatic rings. The van der Waals surface area contributed by atoms with E-state index in [1.54, 1.807) is 6.08 Å². The molecule has 1 aliphatic rings. The van der Waals surface area contributed by atoms with Crippen LogP contribution in [-0.2, 0) is 0 Å². The molecule has 0 spiro atoms. The number of hydrogen-bond donors (Lipinski definition) is 1. The first-order valence-electron chi connectivity index (χ1n) is 3.06. The van der Waals surface area contributed by atoms with Crippen LogP contribution in [0.5, 0.6) is 0 Å². The zero-order valence-electron chi connectivity index (χ0n) is 4.88. The average molecular weight is 111 g/mol. The van der Waals surface area contributed by atoms with E-state index < -0.39 is 0 Å². The van der Waals surface area contributed by atoms with Crippen molar-refractivity contribution in [2.24, 2.45) is 5.92 Å². The molecule has 8 heavy (non-hydrogen) atoms. The Bertz CT molecular complexity index is 88.4. The van der Waals surface area contributed by atoms with Gasteiger partial charge in [0.15, 0.2) is 0 Å². The van der Waals surface area contributed by atoms with Gasteiger partial charge in [-0.25, -0.2) is 0 Å². The molecule has 0 saturated heterocycles. The first kappa shape index (κ1) is 5.83. The summed E-state index contributed by atoms with van der Waals surface area (Å²) in [5.41, 5.74) is 0. The molecule has 0 amide bonds. The van der Waals surface area contributed by atoms with Gasteiger partial charge < -0.3 is 5.11 Å². The van der Waals surface area contributed by atoms with Gasteiger partial charge in [0, 0.05) is 0 Å². The minimum atomic E-state index is -0.0835. The smallest absolute Gasteiger partial charge is 0.0546 e. The van der Waals surface area contributed by atoms with Gasteiger partial charge in [-0.1, -0.05) is 12.7 Å². The van der Waals surface area contributed by atoms with E-state index in [2.05, 4.69) is 0 Å². The zero-order chi connectivity index (χ0) is 5.98. The highest BCUT2D eigenvalue weighted by Gasteiger charge is 2.19. The molecule has 0 bridgehead atoms. The molecule has 1 aliphatic carbocycles. The topological polar surface area (TPSA) is 20.2 Å². The maximum absolute atomic E-state index is 8.96. The van der Waals surface area contributed by atoms with Crippen LogP contribution in [0.4, 0.5) is 0 Å². The Kier molecular flexibility index (Phi) is 1.69. The fraction of sp³-hybridized carbons (Fsp3) is 0.714. The molecule has 1 heteroatoms. The zero-order valence-corrected chi connectivity index (χ0v) is 4.88. The standard InChI is InChI=1S/C7H11O/c1-2-6-3-4-7(8)5-6/h1-2,6-8H,3-5H2. The Balaban J connectivity index is 2.32. The Morgan fingerprint density at radius 3 is 2.50 bits per heavy atom. The van der Waals surface area contributed by atoms with Crippen molar-refractivity contribution in [2.45, 2.75) is 25.4 Å². The van der Waals surface area contributed by atoms with Crippen LogP contribution in [0, 0.1) is 12.5 Å². The van der Waals surface area contributed by atoms with Crippen LogP contribution in [0.1, 0.15) is 19.3 Å². The van der Waals surface area contributed by atoms with Crippen LogP contribution in [0.25, 0.3) is 0 Å². The summed E-state index contributed by atoms with van der Waals surface area (Å²) in [6, 6.07) is 0. The van der Waals surface area contributed by atoms with E-state index in [4.69, 9.17) is 11.7 Å². The third-order valence-corrected chi connectivity index (χ3v) is 1.72. The van der Waals surface area contributed by atoms with Crippen LogP contribution in [-0.4, -0.2) is 11.2 Å². The fourth-order valence-corrected chi connectivity index (χ4v) is 1.17. The van der Waals surface area contributed by atoms with Gasteiger partial charge in [0.05, 0.1) is 6.10 Å². The van der Waals surface area contributed by atoms with Crippen LogP contribution in [0.2, 0.25) is 0 Å². The molecule has 1 radical (unpaired) electrons. The van der Waals surface area contributed by atoms with Gasteiger partial charge in [0.25, 0.3) is 0 Å². The summed E-state index contributed by atoms with van der Waals surface area (Å²) < 4.78 is 0. The van der Waals surface area contributed by atoms with E-state index >= 15 is 0 Å². The fourth-order valence-electron chi connectivity index (χ4n) is 1.17. The summed E-state index contributed by atoms with van der Waals surface area (Å²) in [5, 5.41) is 8.96. The summed E-state index contributed by atoms with van der Waals surface area (Å²) >= 11 is 0. The monoisotopic (exact) mass is 111 g/mol. The molecule has 1 saturated carbocycles. The van der Waals surface area contributed by atoms with Gasteiger partial charge in [0.2, 0.25) is 0 Å². The molecule has 0 aliphatic heterocycles. The highest BCUT2D eigenvalue weighted by atomic mass is 16.3. The summed E-state index contributed by atoms with van der Waals surface area (Å²) in [4.78, 5) is 0. The van der Waals surface area contributed by atoms with Gasteiger partial charge in [-0.2, -0.15) is 0 Å². The van der Waals surface area contributed by atoms with E-state index in [0.29, 0.717) is 5.92 Å². The van der Waals surface area contributed by atoms with Crippen molar-refractivity contribution in [1.29, 1.82) is 0 Å². The van der Waals surface area contributed by atoms with Crippen LogP contribution >= 0.6 is 0 Å². The molecule has 45 valence electrons. The normalized spacial score (nSPS) is 37.6. The lowest BCUT2D eigenvalue weighted by Gasteiger charge is -1.97. The molecule has 0 aromatic heterocycles. The van der Waals surface area contributed by atoms with E-state index in [1.807, 2.05) is 0 Å². The Labute approximate surface area is 50.0 Å². The molecule has 0 aromatic carbocycles. The van der Waals surface area contributed by atoms with Crippen molar-refractivity contribution in [3.05, 3.63) is 12.7 Å². The molecule has 1 rings (SSSR count). The van der Waals surface area contributed by atoms with Crippen molar-refractivity contribution in [3.63, 3.8) is 0 Å². The highest BCUT2D eigenvalue weighted by Crippen LogP contribution is 2.25. The molecule has 1 N–H and O–H groups in total. The lowest BCUT2D eigenvalue weighted by atomic mass is 10.1. The first-order chi connectivity index (χ1) is 3.83. The quantitative estimate of drug-likeness (QED) is 0.538. The summed E-state index contributed by atoms with van der Waals surface area (Å²) in [5.74, 6) is 0.477. The van der Waals surface area contributed by atoms with Crippen molar-refractivity contribution < 1.29 is 5.11 Å². The van der Waals surface area contributed by atoms with Crippen molar-refractivity contribution in [3.8, 4) is 0 Å². The Hall–Kier alpha value is -0.300. The minimum Gasteiger partial charge on any atom is -0.393 e. The summed E-state index contributed by atoms with van der Waals surface area (Å²) in [6.07, 6.45) is 4.47. The lowest BCUT2D eigenvalue weighted by molar-refractivity contribution is 0.180. The molecular weight excluding hydrogens is 100 g/mol. The lowest BCUT2D eigenvalue weighted by Crippen LogP contribution is -1.97. The van der Waals surface area contributed by atoms with Gasteiger partial charge in [-0.3, -0.25) is 0 Å².